The predicted molar refractivity (Wildman–Crippen MR) is 79.8 cm³/mol. The van der Waals surface area contributed by atoms with Gasteiger partial charge >= 0.3 is 5.97 Å². The second-order valence-corrected chi connectivity index (χ2v) is 5.40. The minimum Gasteiger partial charge on any atom is -0.487 e. The van der Waals surface area contributed by atoms with Crippen molar-refractivity contribution in [1.29, 1.82) is 0 Å². The lowest BCUT2D eigenvalue weighted by Crippen LogP contribution is -2.09. The molecule has 5 heteroatoms. The predicted octanol–water partition coefficient (Wildman–Crippen LogP) is 3.13. The molecule has 21 heavy (non-hydrogen) atoms. The van der Waals surface area contributed by atoms with Gasteiger partial charge in [0.05, 0.1) is 11.9 Å². The van der Waals surface area contributed by atoms with Gasteiger partial charge in [-0.25, -0.2) is 4.79 Å². The van der Waals surface area contributed by atoms with Crippen LogP contribution in [-0.2, 0) is 13.7 Å². The summed E-state index contributed by atoms with van der Waals surface area (Å²) in [7, 11) is 1.71. The first kappa shape index (κ1) is 15.1. The number of aryl methyl sites for hydroxylation is 2. The molecule has 112 valence electrons. The van der Waals surface area contributed by atoms with Gasteiger partial charge in [0.15, 0.2) is 0 Å². The summed E-state index contributed by atoms with van der Waals surface area (Å²) in [5.41, 5.74) is 2.95. The quantitative estimate of drug-likeness (QED) is 0.918. The van der Waals surface area contributed by atoms with Crippen LogP contribution in [0.3, 0.4) is 0 Å². The molecule has 0 radical (unpaired) electrons. The molecule has 1 aromatic heterocycles. The van der Waals surface area contributed by atoms with E-state index in [2.05, 4.69) is 25.0 Å². The normalized spacial score (nSPS) is 10.9. The van der Waals surface area contributed by atoms with Crippen LogP contribution in [0.5, 0.6) is 5.75 Å². The van der Waals surface area contributed by atoms with Crippen LogP contribution in [0.25, 0.3) is 0 Å². The smallest absolute Gasteiger partial charge is 0.339 e. The van der Waals surface area contributed by atoms with Crippen LogP contribution >= 0.6 is 0 Å². The van der Waals surface area contributed by atoms with Crippen molar-refractivity contribution < 1.29 is 14.6 Å². The topological polar surface area (TPSA) is 64.3 Å². The SMILES string of the molecule is Cc1ccc(C(C)C)cc1OCc1c(C(=O)O)cnn1C. The van der Waals surface area contributed by atoms with E-state index in [0.29, 0.717) is 11.6 Å². The second-order valence-electron chi connectivity index (χ2n) is 5.40. The maximum Gasteiger partial charge on any atom is 0.339 e. The minimum absolute atomic E-state index is 0.176. The molecule has 2 rings (SSSR count). The van der Waals surface area contributed by atoms with Gasteiger partial charge in [-0.05, 0) is 30.0 Å². The Morgan fingerprint density at radius 1 is 1.43 bits per heavy atom. The number of carboxylic acid groups (broad SMARTS) is 1. The summed E-state index contributed by atoms with van der Waals surface area (Å²) in [6, 6.07) is 6.11. The highest BCUT2D eigenvalue weighted by atomic mass is 16.5. The number of carboxylic acids is 1. The van der Waals surface area contributed by atoms with Crippen LogP contribution in [0.4, 0.5) is 0 Å². The molecule has 0 amide bonds. The molecule has 0 atom stereocenters. The van der Waals surface area contributed by atoms with E-state index in [0.717, 1.165) is 11.3 Å². The Kier molecular flexibility index (Phi) is 4.31. The van der Waals surface area contributed by atoms with E-state index in [4.69, 9.17) is 9.84 Å². The first-order valence-electron chi connectivity index (χ1n) is 6.87. The lowest BCUT2D eigenvalue weighted by atomic mass is 10.0. The third kappa shape index (κ3) is 3.24. The molecule has 2 aromatic rings. The Labute approximate surface area is 124 Å². The number of carbonyl (C=O) groups is 1. The summed E-state index contributed by atoms with van der Waals surface area (Å²) in [5, 5.41) is 13.1. The van der Waals surface area contributed by atoms with Gasteiger partial charge in [-0.15, -0.1) is 0 Å². The molecule has 0 saturated heterocycles. The molecule has 1 N–H and O–H groups in total. The number of aromatic carboxylic acids is 1. The van der Waals surface area contributed by atoms with Gasteiger partial charge in [-0.1, -0.05) is 26.0 Å². The fourth-order valence-electron chi connectivity index (χ4n) is 2.09. The van der Waals surface area contributed by atoms with Crippen LogP contribution in [0, 0.1) is 6.92 Å². The molecule has 0 aliphatic rings. The van der Waals surface area contributed by atoms with Crippen molar-refractivity contribution in [2.45, 2.75) is 33.3 Å². The van der Waals surface area contributed by atoms with Gasteiger partial charge in [0, 0.05) is 7.05 Å². The Morgan fingerprint density at radius 2 is 2.14 bits per heavy atom. The molecule has 0 spiro atoms. The van der Waals surface area contributed by atoms with Crippen molar-refractivity contribution in [2.75, 3.05) is 0 Å². The van der Waals surface area contributed by atoms with Gasteiger partial charge < -0.3 is 9.84 Å². The number of hydrogen-bond acceptors (Lipinski definition) is 3. The highest BCUT2D eigenvalue weighted by Crippen LogP contribution is 2.25. The van der Waals surface area contributed by atoms with Crippen molar-refractivity contribution in [3.8, 4) is 5.75 Å². The van der Waals surface area contributed by atoms with E-state index in [1.54, 1.807) is 7.05 Å². The lowest BCUT2D eigenvalue weighted by Gasteiger charge is -2.13. The average molecular weight is 288 g/mol. The monoisotopic (exact) mass is 288 g/mol. The van der Waals surface area contributed by atoms with Crippen molar-refractivity contribution in [3.05, 3.63) is 46.8 Å². The zero-order valence-corrected chi connectivity index (χ0v) is 12.8. The van der Waals surface area contributed by atoms with E-state index in [-0.39, 0.29) is 12.2 Å². The zero-order valence-electron chi connectivity index (χ0n) is 12.8. The first-order chi connectivity index (χ1) is 9.90. The van der Waals surface area contributed by atoms with Crippen LogP contribution in [0.1, 0.15) is 46.9 Å². The van der Waals surface area contributed by atoms with Crippen LogP contribution in [0.15, 0.2) is 24.4 Å². The molecule has 0 fully saturated rings. The summed E-state index contributed by atoms with van der Waals surface area (Å²) < 4.78 is 7.35. The third-order valence-electron chi connectivity index (χ3n) is 3.54. The van der Waals surface area contributed by atoms with E-state index in [1.807, 2.05) is 19.1 Å². The molecule has 0 saturated carbocycles. The van der Waals surface area contributed by atoms with E-state index < -0.39 is 5.97 Å². The molecule has 1 aromatic carbocycles. The van der Waals surface area contributed by atoms with Crippen molar-refractivity contribution in [2.24, 2.45) is 7.05 Å². The van der Waals surface area contributed by atoms with E-state index in [9.17, 15) is 4.79 Å². The number of aromatic nitrogens is 2. The lowest BCUT2D eigenvalue weighted by molar-refractivity contribution is 0.0693. The van der Waals surface area contributed by atoms with Crippen molar-refractivity contribution in [1.82, 2.24) is 9.78 Å². The maximum atomic E-state index is 11.1. The maximum absolute atomic E-state index is 11.1. The molecule has 5 nitrogen and oxygen atoms in total. The Hall–Kier alpha value is -2.30. The number of rotatable bonds is 5. The van der Waals surface area contributed by atoms with Crippen molar-refractivity contribution in [3.63, 3.8) is 0 Å². The zero-order chi connectivity index (χ0) is 15.6. The molecule has 0 unspecified atom stereocenters. The van der Waals surface area contributed by atoms with Gasteiger partial charge in [-0.2, -0.15) is 5.10 Å². The Bertz CT molecular complexity index is 660. The van der Waals surface area contributed by atoms with E-state index >= 15 is 0 Å². The Morgan fingerprint density at radius 3 is 2.76 bits per heavy atom. The molecular weight excluding hydrogens is 268 g/mol. The summed E-state index contributed by atoms with van der Waals surface area (Å²) in [6.07, 6.45) is 1.35. The number of nitrogens with zero attached hydrogens (tertiary/aromatic N) is 2. The Balaban J connectivity index is 2.22. The fraction of sp³-hybridized carbons (Fsp3) is 0.375. The fourth-order valence-corrected chi connectivity index (χ4v) is 2.09. The molecule has 1 heterocycles. The second kappa shape index (κ2) is 5.99. The van der Waals surface area contributed by atoms with Crippen LogP contribution in [0.2, 0.25) is 0 Å². The van der Waals surface area contributed by atoms with Crippen molar-refractivity contribution >= 4 is 5.97 Å². The first-order valence-corrected chi connectivity index (χ1v) is 6.87. The summed E-state index contributed by atoms with van der Waals surface area (Å²) in [6.45, 7) is 6.40. The third-order valence-corrected chi connectivity index (χ3v) is 3.54. The highest BCUT2D eigenvalue weighted by Gasteiger charge is 2.16. The summed E-state index contributed by atoms with van der Waals surface area (Å²) >= 11 is 0. The molecule has 0 bridgehead atoms. The van der Waals surface area contributed by atoms with Gasteiger partial charge in [-0.3, -0.25) is 4.68 Å². The van der Waals surface area contributed by atoms with E-state index in [1.165, 1.54) is 16.4 Å². The van der Waals surface area contributed by atoms with Gasteiger partial charge in [0.25, 0.3) is 0 Å². The van der Waals surface area contributed by atoms with Gasteiger partial charge in [0.2, 0.25) is 0 Å². The number of benzene rings is 1. The number of hydrogen-bond donors (Lipinski definition) is 1. The minimum atomic E-state index is -0.991. The van der Waals surface area contributed by atoms with Crippen LogP contribution < -0.4 is 4.74 Å². The van der Waals surface area contributed by atoms with Crippen LogP contribution in [-0.4, -0.2) is 20.9 Å². The molecule has 0 aliphatic carbocycles. The average Bonchev–Trinajstić information content (AvgIpc) is 2.79. The number of ether oxygens (including phenoxy) is 1. The standard InChI is InChI=1S/C16H20N2O3/c1-10(2)12-6-5-11(3)15(7-12)21-9-14-13(16(19)20)8-17-18(14)4/h5-8,10H,9H2,1-4H3,(H,19,20). The molecular formula is C16H20N2O3. The van der Waals surface area contributed by atoms with Gasteiger partial charge in [0.1, 0.15) is 17.9 Å². The largest absolute Gasteiger partial charge is 0.487 e. The summed E-state index contributed by atoms with van der Waals surface area (Å²) in [4.78, 5) is 11.1. The highest BCUT2D eigenvalue weighted by molar-refractivity contribution is 5.88. The molecule has 0 aliphatic heterocycles. The summed E-state index contributed by atoms with van der Waals surface area (Å²) in [5.74, 6) is 0.201.